The fourth-order valence-electron chi connectivity index (χ4n) is 14.9. The van der Waals surface area contributed by atoms with Crippen LogP contribution >= 0.6 is 11.8 Å². The van der Waals surface area contributed by atoms with Crippen molar-refractivity contribution < 1.29 is 125 Å². The largest absolute Gasteiger partial charge is 0.508 e. The summed E-state index contributed by atoms with van der Waals surface area (Å²) in [7, 11) is 6.28. The van der Waals surface area contributed by atoms with Gasteiger partial charge in [0, 0.05) is 116 Å². The van der Waals surface area contributed by atoms with Gasteiger partial charge in [-0.25, -0.2) is 13.2 Å². The molecule has 726 valence electrons. The maximum absolute atomic E-state index is 15.4. The second kappa shape index (κ2) is 52.7. The Morgan fingerprint density at radius 1 is 0.582 bits per heavy atom. The molecule has 134 heavy (non-hydrogen) atoms. The monoisotopic (exact) mass is 1890 g/mol. The first kappa shape index (κ1) is 108. The highest BCUT2D eigenvalue weighted by molar-refractivity contribution is 8.00. The summed E-state index contributed by atoms with van der Waals surface area (Å²) in [5.74, 6) is -24.2. The first-order valence-corrected chi connectivity index (χ1v) is 44.3. The number of thioether (sulfide) groups is 1. The number of hydrogen-bond donors (Lipinski definition) is 15. The number of ether oxygens (including phenoxy) is 2. The number of amides is 14. The Morgan fingerprint density at radius 2 is 1.12 bits per heavy atom. The zero-order valence-corrected chi connectivity index (χ0v) is 76.2. The van der Waals surface area contributed by atoms with Gasteiger partial charge in [0.2, 0.25) is 82.7 Å². The third-order valence-electron chi connectivity index (χ3n) is 22.4. The lowest BCUT2D eigenvalue weighted by Crippen LogP contribution is -2.60. The third-order valence-corrected chi connectivity index (χ3v) is 23.4. The molecule has 0 radical (unpaired) electrons. The smallest absolute Gasteiger partial charge is 0.305 e. The van der Waals surface area contributed by atoms with Crippen LogP contribution in [-0.4, -0.2) is 316 Å². The first-order chi connectivity index (χ1) is 63.7. The number of phenols is 1. The summed E-state index contributed by atoms with van der Waals surface area (Å²) in [6.07, 6.45) is -3.36. The minimum absolute atomic E-state index is 0.0568. The number of fused-ring (bicyclic) bond motifs is 1. The number of halogens is 3. The van der Waals surface area contributed by atoms with Crippen molar-refractivity contribution in [2.45, 2.75) is 176 Å². The Hall–Kier alpha value is -13.4. The maximum atomic E-state index is 15.4. The summed E-state index contributed by atoms with van der Waals surface area (Å²) in [5, 5.41) is 61.3. The summed E-state index contributed by atoms with van der Waals surface area (Å²) in [4.78, 5) is 247. The van der Waals surface area contributed by atoms with Crippen LogP contribution in [0.25, 0.3) is 10.9 Å². The van der Waals surface area contributed by atoms with Crippen LogP contribution in [0.5, 0.6) is 5.75 Å². The molecule has 1 aliphatic rings. The minimum atomic E-state index is -1.90. The standard InChI is InChI=1S/C91H117F3N16O23S/c1-9-10-25-70(90(130)110-46-59(113)42-72(110)86(126)99-57(48-111)41-77(117)118)106(4)89(129)73(39-53-21-15-12-16-22-53)108(6)87(127)67(37-55-34-61(92)79(94)62(93)35-55)101-76(116)50-134-49-69(81(121)98-45-74(95)114)105-82(122)64(30-32-132-7)102-83(123)65(36-54-26-28-58(112)29-27-54)103-84(124)66(40-56-44-97-63-24-18-17-23-60(56)63)100-75(115)47-109(31-33-133-8)88(128)68(43-78(119)120)104-85(125)71(38-52-19-13-11-14-20-52)107(5)91(131)80(96)51(2)3/h11-24,26-29,34-35,44,48,51,57,59,64-73,80,97,112-113H,9-10,25,30-33,36-43,45-47,49-50,96H2,1-8H3,(H2,95,114)(H,98,121)(H,99,126)(H,100,115)(H,101,116)(H,102,123)(H,103,124)(H,104,125)(H,105,122)(H,117,118)(H,119,120)/t57-,59+,64-,65-,66-,67-,68-,69-,70-,71-,72+,73?,80-/m0/s1. The maximum Gasteiger partial charge on any atom is 0.305 e. The molecule has 0 spiro atoms. The number of nitrogens with two attached hydrogens (primary N) is 2. The number of carboxylic acid groups (broad SMARTS) is 2. The molecule has 6 aromatic rings. The molecule has 7 rings (SSSR count). The van der Waals surface area contributed by atoms with Gasteiger partial charge in [-0.3, -0.25) is 76.7 Å². The van der Waals surface area contributed by atoms with Gasteiger partial charge >= 0.3 is 11.9 Å². The van der Waals surface area contributed by atoms with Crippen molar-refractivity contribution in [3.05, 3.63) is 173 Å². The molecule has 13 atom stereocenters. The number of aromatic nitrogens is 1. The predicted molar refractivity (Wildman–Crippen MR) is 481 cm³/mol. The molecule has 0 saturated carbocycles. The highest BCUT2D eigenvalue weighted by atomic mass is 32.2. The lowest BCUT2D eigenvalue weighted by atomic mass is 9.99. The van der Waals surface area contributed by atoms with E-state index in [4.69, 9.17) is 20.9 Å². The molecule has 1 fully saturated rings. The summed E-state index contributed by atoms with van der Waals surface area (Å²) in [6, 6.07) is 10.9. The van der Waals surface area contributed by atoms with Gasteiger partial charge in [0.1, 0.15) is 72.5 Å². The van der Waals surface area contributed by atoms with Gasteiger partial charge in [0.05, 0.1) is 56.5 Å². The molecule has 0 bridgehead atoms. The van der Waals surface area contributed by atoms with Gasteiger partial charge in [0.25, 0.3) is 0 Å². The van der Waals surface area contributed by atoms with E-state index < -0.39 is 254 Å². The molecule has 0 aliphatic carbocycles. The van der Waals surface area contributed by atoms with Crippen LogP contribution in [0.1, 0.15) is 93.5 Å². The number of rotatable bonds is 54. The molecule has 39 nitrogen and oxygen atoms in total. The molecule has 2 heterocycles. The molecular weight excluding hydrogens is 1770 g/mol. The number of aliphatic hydroxyl groups is 1. The number of primary amides is 1. The SMILES string of the molecule is CCCC[C@@H](C(=O)N1C[C@H](O)C[C@@H]1C(=O)N[C@H](C=O)CC(=O)O)N(C)C(=O)C(Cc1ccccc1)N(C)C(=O)[C@H](Cc1cc(F)c(F)c(F)c1)NC(=O)CSC[C@H](NC(=O)[C@H](CCOC)NC(=O)[C@H](Cc1ccc(O)cc1)NC(=O)[C@H](Cc1c[nH]c2ccccc12)NC(=O)CN(CCOC)C(=O)[C@H](CC(=O)O)NC(=O)[C@H](Cc1ccccc1)N(C)C(=O)[C@@H](N)C(C)C)C(=O)NCC(N)=O. The van der Waals surface area contributed by atoms with Gasteiger partial charge in [-0.1, -0.05) is 125 Å². The average molecular weight is 1890 g/mol. The van der Waals surface area contributed by atoms with Crippen molar-refractivity contribution in [2.75, 3.05) is 86.3 Å². The van der Waals surface area contributed by atoms with E-state index in [-0.39, 0.29) is 75.3 Å². The van der Waals surface area contributed by atoms with Crippen molar-refractivity contribution in [1.82, 2.24) is 72.0 Å². The number of aromatic amines is 1. The molecule has 14 amide bonds. The fourth-order valence-corrected chi connectivity index (χ4v) is 15.8. The van der Waals surface area contributed by atoms with Crippen molar-refractivity contribution in [3.8, 4) is 5.75 Å². The number of aliphatic carboxylic acids is 2. The van der Waals surface area contributed by atoms with Gasteiger partial charge in [-0.15, -0.1) is 11.8 Å². The number of aldehydes is 1. The number of nitrogens with one attached hydrogen (secondary N) is 9. The van der Waals surface area contributed by atoms with Gasteiger partial charge in [0.15, 0.2) is 17.5 Å². The average Bonchev–Trinajstić information content (AvgIpc) is 1.56. The Bertz CT molecular complexity index is 5080. The van der Waals surface area contributed by atoms with E-state index >= 15 is 28.0 Å². The molecule has 17 N–H and O–H groups in total. The molecule has 1 saturated heterocycles. The number of aliphatic hydroxyl groups excluding tert-OH is 1. The number of carbonyl (C=O) groups is 17. The first-order valence-electron chi connectivity index (χ1n) is 43.2. The zero-order valence-electron chi connectivity index (χ0n) is 75.4. The molecule has 1 unspecified atom stereocenters. The van der Waals surface area contributed by atoms with E-state index in [0.29, 0.717) is 69.9 Å². The third kappa shape index (κ3) is 32.2. The van der Waals surface area contributed by atoms with E-state index in [1.807, 2.05) is 0 Å². The highest BCUT2D eigenvalue weighted by Crippen LogP contribution is 2.27. The number of carbonyl (C=O) groups excluding carboxylic acids is 15. The summed E-state index contributed by atoms with van der Waals surface area (Å²) >= 11 is 0.620. The summed E-state index contributed by atoms with van der Waals surface area (Å²) in [6.45, 7) is 2.08. The normalized spacial score (nSPS) is 15.4. The van der Waals surface area contributed by atoms with Crippen LogP contribution in [0.2, 0.25) is 0 Å². The summed E-state index contributed by atoms with van der Waals surface area (Å²) < 4.78 is 55.4. The Morgan fingerprint density at radius 3 is 1.71 bits per heavy atom. The fraction of sp³-hybridized carbons (Fsp3) is 0.462. The number of methoxy groups -OCH3 is 2. The number of para-hydroxylation sites is 1. The van der Waals surface area contributed by atoms with Crippen LogP contribution in [0.3, 0.4) is 0 Å². The molecular formula is C91H117F3N16O23S. The number of aromatic hydroxyl groups is 1. The number of benzene rings is 5. The highest BCUT2D eigenvalue weighted by Gasteiger charge is 2.46. The van der Waals surface area contributed by atoms with Crippen LogP contribution in [0.15, 0.2) is 128 Å². The lowest BCUT2D eigenvalue weighted by Gasteiger charge is -2.37. The van der Waals surface area contributed by atoms with Crippen LogP contribution in [-0.2, 0) is 123 Å². The second-order valence-electron chi connectivity index (χ2n) is 32.8. The minimum Gasteiger partial charge on any atom is -0.508 e. The van der Waals surface area contributed by atoms with Crippen molar-refractivity contribution in [1.29, 1.82) is 0 Å². The molecule has 5 aromatic carbocycles. The molecule has 1 aromatic heterocycles. The van der Waals surface area contributed by atoms with Gasteiger partial charge in [-0.05, 0) is 76.9 Å². The zero-order chi connectivity index (χ0) is 98.7. The second-order valence-corrected chi connectivity index (χ2v) is 33.8. The van der Waals surface area contributed by atoms with Crippen molar-refractivity contribution in [2.24, 2.45) is 17.4 Å². The number of β-amino-alcohol motifs (C(OH)–C–C–N with tert-alkyl or cyclic N) is 1. The molecule has 43 heteroatoms. The van der Waals surface area contributed by atoms with E-state index in [2.05, 4.69) is 47.5 Å². The lowest BCUT2D eigenvalue weighted by molar-refractivity contribution is -0.152. The number of H-pyrrole nitrogens is 1. The van der Waals surface area contributed by atoms with Crippen LogP contribution in [0.4, 0.5) is 13.2 Å². The van der Waals surface area contributed by atoms with Crippen LogP contribution in [0, 0.1) is 23.4 Å². The number of likely N-dealkylation sites (tertiary alicyclic amines) is 1. The van der Waals surface area contributed by atoms with Crippen molar-refractivity contribution >= 4 is 124 Å². The summed E-state index contributed by atoms with van der Waals surface area (Å²) in [5.41, 5.74) is 13.7. The number of carboxylic acids is 2. The van der Waals surface area contributed by atoms with E-state index in [9.17, 15) is 87.1 Å². The van der Waals surface area contributed by atoms with E-state index in [0.717, 1.165) is 31.5 Å². The van der Waals surface area contributed by atoms with Crippen molar-refractivity contribution in [3.63, 3.8) is 0 Å². The number of unbranched alkanes of at least 4 members (excludes halogenated alkanes) is 1. The molecule has 1 aliphatic heterocycles. The van der Waals surface area contributed by atoms with E-state index in [1.165, 1.54) is 52.6 Å². The predicted octanol–water partition coefficient (Wildman–Crippen LogP) is -0.192. The Balaban J connectivity index is 1.16. The van der Waals surface area contributed by atoms with Crippen LogP contribution < -0.4 is 54.0 Å². The number of likely N-dealkylation sites (N-methyl/N-ethyl adjacent to an activating group) is 3. The number of nitrogens with zero attached hydrogens (tertiary/aromatic N) is 5. The number of hydrogen-bond acceptors (Lipinski definition) is 23. The Labute approximate surface area is 775 Å². The van der Waals surface area contributed by atoms with Gasteiger partial charge < -0.3 is 118 Å². The quantitative estimate of drug-likeness (QED) is 0.0174. The number of phenolic OH excluding ortho intramolecular Hbond substituents is 1. The Kier molecular flexibility index (Phi) is 42.4. The topological polar surface area (TPSA) is 570 Å². The van der Waals surface area contributed by atoms with Gasteiger partial charge in [-0.2, -0.15) is 0 Å². The van der Waals surface area contributed by atoms with E-state index in [1.54, 1.807) is 112 Å².